The molecule has 1 aromatic carbocycles. The molecule has 0 amide bonds. The first-order chi connectivity index (χ1) is 8.86. The first-order valence-electron chi connectivity index (χ1n) is 6.33. The first-order valence-corrected chi connectivity index (χ1v) is 8.96. The van der Waals surface area contributed by atoms with Gasteiger partial charge >= 0.3 is 0 Å². The Morgan fingerprint density at radius 1 is 1.42 bits per heavy atom. The number of nitrogen functional groups attached to an aromatic ring is 1. The number of aryl methyl sites for hydroxylation is 1. The van der Waals surface area contributed by atoms with Gasteiger partial charge in [0.2, 0.25) is 10.0 Å². The molecule has 4 nitrogen and oxygen atoms in total. The Kier molecular flexibility index (Phi) is 6.16. The summed E-state index contributed by atoms with van der Waals surface area (Å²) in [5.41, 5.74) is 7.02. The largest absolute Gasteiger partial charge is 0.398 e. The Balaban J connectivity index is 2.75. The third kappa shape index (κ3) is 5.04. The number of benzene rings is 1. The fourth-order valence-electron chi connectivity index (χ4n) is 1.70. The van der Waals surface area contributed by atoms with Crippen LogP contribution in [0, 0.1) is 6.92 Å². The van der Waals surface area contributed by atoms with Crippen LogP contribution >= 0.6 is 11.8 Å². The van der Waals surface area contributed by atoms with Gasteiger partial charge in [-0.15, -0.1) is 0 Å². The van der Waals surface area contributed by atoms with Gasteiger partial charge in [-0.25, -0.2) is 13.1 Å². The lowest BCUT2D eigenvalue weighted by atomic mass is 10.2. The van der Waals surface area contributed by atoms with Crippen LogP contribution in [-0.2, 0) is 10.0 Å². The number of hydrogen-bond donors (Lipinski definition) is 2. The van der Waals surface area contributed by atoms with Gasteiger partial charge in [-0.2, -0.15) is 11.8 Å². The van der Waals surface area contributed by atoms with E-state index in [1.807, 2.05) is 13.8 Å². The van der Waals surface area contributed by atoms with Crippen LogP contribution in [0.5, 0.6) is 0 Å². The molecule has 0 aliphatic heterocycles. The normalized spacial score (nSPS) is 13.4. The van der Waals surface area contributed by atoms with Crippen molar-refractivity contribution >= 4 is 27.5 Å². The molecule has 0 bridgehead atoms. The van der Waals surface area contributed by atoms with Crippen LogP contribution in [-0.4, -0.2) is 26.0 Å². The fraction of sp³-hybridized carbons (Fsp3) is 0.538. The molecular formula is C13H22N2O2S2. The van der Waals surface area contributed by atoms with Gasteiger partial charge in [-0.1, -0.05) is 13.0 Å². The summed E-state index contributed by atoms with van der Waals surface area (Å²) in [6.45, 7) is 5.84. The molecule has 108 valence electrons. The number of hydrogen-bond acceptors (Lipinski definition) is 4. The van der Waals surface area contributed by atoms with Crippen molar-refractivity contribution in [3.63, 3.8) is 0 Å². The SMILES string of the molecule is CCSCCC(C)NS(=O)(=O)c1ccc(C)cc1N. The Morgan fingerprint density at radius 2 is 2.11 bits per heavy atom. The lowest BCUT2D eigenvalue weighted by Gasteiger charge is -2.15. The smallest absolute Gasteiger partial charge is 0.242 e. The third-order valence-corrected chi connectivity index (χ3v) is 5.31. The minimum Gasteiger partial charge on any atom is -0.398 e. The van der Waals surface area contributed by atoms with Gasteiger partial charge in [0.05, 0.1) is 5.69 Å². The first kappa shape index (κ1) is 16.3. The second-order valence-electron chi connectivity index (χ2n) is 4.55. The summed E-state index contributed by atoms with van der Waals surface area (Å²) in [6.07, 6.45) is 0.809. The molecule has 0 aromatic heterocycles. The fourth-order valence-corrected chi connectivity index (χ4v) is 3.90. The van der Waals surface area contributed by atoms with Crippen LogP contribution in [0.1, 0.15) is 25.8 Å². The Labute approximate surface area is 120 Å². The number of thioether (sulfide) groups is 1. The maximum absolute atomic E-state index is 12.2. The van der Waals surface area contributed by atoms with E-state index in [1.54, 1.807) is 30.0 Å². The molecule has 0 spiro atoms. The molecule has 0 radical (unpaired) electrons. The van der Waals surface area contributed by atoms with Gasteiger partial charge in [0.1, 0.15) is 4.90 Å². The van der Waals surface area contributed by atoms with E-state index in [9.17, 15) is 8.42 Å². The van der Waals surface area contributed by atoms with Crippen molar-refractivity contribution in [3.05, 3.63) is 23.8 Å². The lowest BCUT2D eigenvalue weighted by molar-refractivity contribution is 0.557. The summed E-state index contributed by atoms with van der Waals surface area (Å²) in [6, 6.07) is 4.89. The minimum absolute atomic E-state index is 0.0928. The highest BCUT2D eigenvalue weighted by atomic mass is 32.2. The van der Waals surface area contributed by atoms with E-state index in [4.69, 9.17) is 5.73 Å². The topological polar surface area (TPSA) is 72.2 Å². The molecule has 1 rings (SSSR count). The van der Waals surface area contributed by atoms with Crippen LogP contribution in [0.4, 0.5) is 5.69 Å². The van der Waals surface area contributed by atoms with Crippen molar-refractivity contribution in [3.8, 4) is 0 Å². The van der Waals surface area contributed by atoms with E-state index in [-0.39, 0.29) is 10.9 Å². The standard InChI is InChI=1S/C13H22N2O2S2/c1-4-18-8-7-11(3)15-19(16,17)13-6-5-10(2)9-12(13)14/h5-6,9,11,15H,4,7-8,14H2,1-3H3. The highest BCUT2D eigenvalue weighted by Gasteiger charge is 2.19. The zero-order valence-corrected chi connectivity index (χ0v) is 13.3. The zero-order chi connectivity index (χ0) is 14.5. The van der Waals surface area contributed by atoms with Gasteiger partial charge in [0, 0.05) is 6.04 Å². The van der Waals surface area contributed by atoms with Crippen LogP contribution in [0.2, 0.25) is 0 Å². The Bertz CT molecular complexity index is 515. The zero-order valence-electron chi connectivity index (χ0n) is 11.6. The monoisotopic (exact) mass is 302 g/mol. The van der Waals surface area contributed by atoms with Crippen molar-refractivity contribution in [1.29, 1.82) is 0 Å². The van der Waals surface area contributed by atoms with Crippen molar-refractivity contribution in [1.82, 2.24) is 4.72 Å². The molecule has 6 heteroatoms. The summed E-state index contributed by atoms with van der Waals surface area (Å²) in [7, 11) is -3.53. The van der Waals surface area contributed by atoms with Crippen molar-refractivity contribution in [2.24, 2.45) is 0 Å². The van der Waals surface area contributed by atoms with E-state index < -0.39 is 10.0 Å². The minimum atomic E-state index is -3.53. The number of sulfonamides is 1. The Hall–Kier alpha value is -0.720. The number of rotatable bonds is 7. The summed E-state index contributed by atoms with van der Waals surface area (Å²) >= 11 is 1.80. The van der Waals surface area contributed by atoms with Crippen LogP contribution in [0.15, 0.2) is 23.1 Å². The molecule has 0 fully saturated rings. The molecule has 0 saturated heterocycles. The van der Waals surface area contributed by atoms with E-state index in [2.05, 4.69) is 11.6 Å². The van der Waals surface area contributed by atoms with Gasteiger partial charge in [-0.05, 0) is 49.5 Å². The van der Waals surface area contributed by atoms with Crippen LogP contribution in [0.3, 0.4) is 0 Å². The van der Waals surface area contributed by atoms with Gasteiger partial charge < -0.3 is 5.73 Å². The summed E-state index contributed by atoms with van der Waals surface area (Å²) < 4.78 is 27.1. The van der Waals surface area contributed by atoms with E-state index in [0.717, 1.165) is 23.5 Å². The predicted molar refractivity (Wildman–Crippen MR) is 83.0 cm³/mol. The second kappa shape index (κ2) is 7.17. The molecule has 1 atom stereocenters. The number of nitrogens with one attached hydrogen (secondary N) is 1. The second-order valence-corrected chi connectivity index (χ2v) is 7.63. The molecule has 1 aromatic rings. The van der Waals surface area contributed by atoms with Gasteiger partial charge in [0.25, 0.3) is 0 Å². The number of nitrogens with two attached hydrogens (primary N) is 1. The molecule has 3 N–H and O–H groups in total. The molecule has 0 saturated carbocycles. The van der Waals surface area contributed by atoms with Crippen molar-refractivity contribution in [2.75, 3.05) is 17.2 Å². The molecule has 0 heterocycles. The average molecular weight is 302 g/mol. The van der Waals surface area contributed by atoms with Gasteiger partial charge in [0.15, 0.2) is 0 Å². The quantitative estimate of drug-likeness (QED) is 0.599. The van der Waals surface area contributed by atoms with Crippen LogP contribution < -0.4 is 10.5 Å². The molecule has 19 heavy (non-hydrogen) atoms. The maximum Gasteiger partial charge on any atom is 0.242 e. The third-order valence-electron chi connectivity index (χ3n) is 2.71. The van der Waals surface area contributed by atoms with Gasteiger partial charge in [-0.3, -0.25) is 0 Å². The number of anilines is 1. The summed E-state index contributed by atoms with van der Waals surface area (Å²) in [4.78, 5) is 0.160. The molecule has 0 aliphatic carbocycles. The van der Waals surface area contributed by atoms with E-state index in [1.165, 1.54) is 0 Å². The highest BCUT2D eigenvalue weighted by molar-refractivity contribution is 7.99. The lowest BCUT2D eigenvalue weighted by Crippen LogP contribution is -2.33. The Morgan fingerprint density at radius 3 is 2.68 bits per heavy atom. The highest BCUT2D eigenvalue weighted by Crippen LogP contribution is 2.20. The summed E-state index contributed by atoms with van der Waals surface area (Å²) in [5.74, 6) is 1.99. The molecule has 1 unspecified atom stereocenters. The predicted octanol–water partition coefficient (Wildman–Crippen LogP) is 2.39. The van der Waals surface area contributed by atoms with Crippen LogP contribution in [0.25, 0.3) is 0 Å². The van der Waals surface area contributed by atoms with E-state index in [0.29, 0.717) is 5.69 Å². The van der Waals surface area contributed by atoms with Crippen molar-refractivity contribution < 1.29 is 8.42 Å². The summed E-state index contributed by atoms with van der Waals surface area (Å²) in [5, 5.41) is 0. The van der Waals surface area contributed by atoms with E-state index >= 15 is 0 Å². The maximum atomic E-state index is 12.2. The molecular weight excluding hydrogens is 280 g/mol. The average Bonchev–Trinajstić information content (AvgIpc) is 2.27. The van der Waals surface area contributed by atoms with Crippen molar-refractivity contribution in [2.45, 2.75) is 38.1 Å². The molecule has 0 aliphatic rings.